The van der Waals surface area contributed by atoms with Crippen molar-refractivity contribution in [2.45, 2.75) is 20.4 Å². The summed E-state index contributed by atoms with van der Waals surface area (Å²) in [6.07, 6.45) is 0. The molecule has 0 aliphatic rings. The summed E-state index contributed by atoms with van der Waals surface area (Å²) in [6.45, 7) is 4.87. The molecular formula is C15H12BrFN6S. The lowest BCUT2D eigenvalue weighted by molar-refractivity contribution is 0.621. The predicted octanol–water partition coefficient (Wildman–Crippen LogP) is 3.95. The fourth-order valence-electron chi connectivity index (χ4n) is 2.47. The highest BCUT2D eigenvalue weighted by Crippen LogP contribution is 2.29. The van der Waals surface area contributed by atoms with Crippen molar-refractivity contribution in [2.75, 3.05) is 0 Å². The van der Waals surface area contributed by atoms with Gasteiger partial charge in [0.15, 0.2) is 10.8 Å². The van der Waals surface area contributed by atoms with Gasteiger partial charge in [0.25, 0.3) is 0 Å². The van der Waals surface area contributed by atoms with E-state index >= 15 is 0 Å². The minimum Gasteiger partial charge on any atom is -0.269 e. The van der Waals surface area contributed by atoms with Gasteiger partial charge in [0.1, 0.15) is 11.5 Å². The number of benzene rings is 1. The van der Waals surface area contributed by atoms with E-state index in [1.807, 2.05) is 24.6 Å². The highest BCUT2D eigenvalue weighted by atomic mass is 79.9. The second-order valence-electron chi connectivity index (χ2n) is 5.24. The quantitative estimate of drug-likeness (QED) is 0.516. The van der Waals surface area contributed by atoms with E-state index in [1.165, 1.54) is 17.4 Å². The molecule has 4 rings (SSSR count). The lowest BCUT2D eigenvalue weighted by Crippen LogP contribution is -1.98. The average Bonchev–Trinajstić information content (AvgIpc) is 3.23. The molecule has 0 atom stereocenters. The van der Waals surface area contributed by atoms with Crippen LogP contribution in [0.2, 0.25) is 0 Å². The molecule has 0 spiro atoms. The van der Waals surface area contributed by atoms with E-state index in [-0.39, 0.29) is 5.82 Å². The van der Waals surface area contributed by atoms with Gasteiger partial charge in [0.05, 0.1) is 4.47 Å². The van der Waals surface area contributed by atoms with Crippen LogP contribution in [-0.4, -0.2) is 29.6 Å². The summed E-state index contributed by atoms with van der Waals surface area (Å²) >= 11 is 4.62. The summed E-state index contributed by atoms with van der Waals surface area (Å²) in [5.74, 6) is 0.249. The van der Waals surface area contributed by atoms with Crippen LogP contribution in [0.4, 0.5) is 4.39 Å². The second-order valence-corrected chi connectivity index (χ2v) is 7.05. The Hall–Kier alpha value is -2.13. The number of aromatic nitrogens is 6. The topological polar surface area (TPSA) is 60.9 Å². The highest BCUT2D eigenvalue weighted by Gasteiger charge is 2.17. The summed E-state index contributed by atoms with van der Waals surface area (Å²) in [4.78, 5) is 0.671. The summed E-state index contributed by atoms with van der Waals surface area (Å²) in [6, 6.07) is 6.72. The molecule has 3 heterocycles. The monoisotopic (exact) mass is 406 g/mol. The SMILES string of the molecule is CCn1nc(-c2nn3c(-c4ccc(F)c(Br)c4)nnc3s2)cc1C. The molecule has 9 heteroatoms. The highest BCUT2D eigenvalue weighted by molar-refractivity contribution is 9.10. The molecule has 0 radical (unpaired) electrons. The van der Waals surface area contributed by atoms with Gasteiger partial charge in [0, 0.05) is 17.8 Å². The van der Waals surface area contributed by atoms with Gasteiger partial charge >= 0.3 is 0 Å². The summed E-state index contributed by atoms with van der Waals surface area (Å²) in [7, 11) is 0. The van der Waals surface area contributed by atoms with Crippen LogP contribution < -0.4 is 0 Å². The average molecular weight is 407 g/mol. The van der Waals surface area contributed by atoms with E-state index in [4.69, 9.17) is 0 Å². The first-order valence-electron chi connectivity index (χ1n) is 7.29. The maximum absolute atomic E-state index is 13.4. The number of halogens is 2. The summed E-state index contributed by atoms with van der Waals surface area (Å²) in [5, 5.41) is 18.2. The minimum atomic E-state index is -0.320. The van der Waals surface area contributed by atoms with E-state index < -0.39 is 0 Å². The second kappa shape index (κ2) is 5.75. The molecule has 0 bridgehead atoms. The standard InChI is InChI=1S/C15H12BrFN6S/c1-3-22-8(2)6-12(20-22)14-21-23-13(18-19-15(23)24-14)9-4-5-11(17)10(16)7-9/h4-7H,3H2,1-2H3. The number of aryl methyl sites for hydroxylation is 2. The molecule has 122 valence electrons. The lowest BCUT2D eigenvalue weighted by Gasteiger charge is -1.99. The third kappa shape index (κ3) is 2.44. The fraction of sp³-hybridized carbons (Fsp3) is 0.200. The molecule has 0 saturated carbocycles. The zero-order chi connectivity index (χ0) is 16.8. The van der Waals surface area contributed by atoms with Crippen LogP contribution >= 0.6 is 27.3 Å². The van der Waals surface area contributed by atoms with Crippen LogP contribution in [0.5, 0.6) is 0 Å². The Labute approximate surface area is 149 Å². The van der Waals surface area contributed by atoms with E-state index in [9.17, 15) is 4.39 Å². The van der Waals surface area contributed by atoms with E-state index in [0.29, 0.717) is 15.3 Å². The van der Waals surface area contributed by atoms with E-state index in [0.717, 1.165) is 28.5 Å². The first kappa shape index (κ1) is 15.4. The Balaban J connectivity index is 1.82. The largest absolute Gasteiger partial charge is 0.269 e. The number of nitrogens with zero attached hydrogens (tertiary/aromatic N) is 6. The minimum absolute atomic E-state index is 0.320. The Bertz CT molecular complexity index is 1050. The summed E-state index contributed by atoms with van der Waals surface area (Å²) < 4.78 is 17.4. The molecule has 6 nitrogen and oxygen atoms in total. The van der Waals surface area contributed by atoms with Crippen LogP contribution in [0.15, 0.2) is 28.7 Å². The maximum Gasteiger partial charge on any atom is 0.235 e. The molecule has 0 amide bonds. The van der Waals surface area contributed by atoms with Gasteiger partial charge in [-0.2, -0.15) is 14.7 Å². The van der Waals surface area contributed by atoms with Crippen LogP contribution in [0.3, 0.4) is 0 Å². The molecule has 3 aromatic heterocycles. The van der Waals surface area contributed by atoms with Gasteiger partial charge in [-0.3, -0.25) is 4.68 Å². The number of hydrogen-bond donors (Lipinski definition) is 0. The third-order valence-electron chi connectivity index (χ3n) is 3.67. The maximum atomic E-state index is 13.4. The van der Waals surface area contributed by atoms with Crippen molar-refractivity contribution in [1.82, 2.24) is 29.6 Å². The molecule has 4 aromatic rings. The number of fused-ring (bicyclic) bond motifs is 1. The van der Waals surface area contributed by atoms with E-state index in [2.05, 4.69) is 36.3 Å². The van der Waals surface area contributed by atoms with Crippen molar-refractivity contribution in [3.8, 4) is 22.1 Å². The van der Waals surface area contributed by atoms with Crippen molar-refractivity contribution >= 4 is 32.2 Å². The van der Waals surface area contributed by atoms with Crippen molar-refractivity contribution < 1.29 is 4.39 Å². The van der Waals surface area contributed by atoms with Gasteiger partial charge < -0.3 is 0 Å². The summed E-state index contributed by atoms with van der Waals surface area (Å²) in [5.41, 5.74) is 2.64. The third-order valence-corrected chi connectivity index (χ3v) is 5.20. The Morgan fingerprint density at radius 3 is 2.75 bits per heavy atom. The van der Waals surface area contributed by atoms with Gasteiger partial charge in [-0.15, -0.1) is 10.2 Å². The van der Waals surface area contributed by atoms with Gasteiger partial charge in [-0.1, -0.05) is 11.3 Å². The lowest BCUT2D eigenvalue weighted by atomic mass is 10.2. The van der Waals surface area contributed by atoms with Crippen molar-refractivity contribution in [2.24, 2.45) is 0 Å². The molecule has 0 aliphatic carbocycles. The zero-order valence-electron chi connectivity index (χ0n) is 12.9. The Morgan fingerprint density at radius 2 is 2.04 bits per heavy atom. The molecular weight excluding hydrogens is 395 g/mol. The van der Waals surface area contributed by atoms with Gasteiger partial charge in [0.2, 0.25) is 4.96 Å². The van der Waals surface area contributed by atoms with Crippen LogP contribution in [0.25, 0.3) is 27.1 Å². The molecule has 0 fully saturated rings. The Kier molecular flexibility index (Phi) is 3.69. The van der Waals surface area contributed by atoms with Crippen LogP contribution in [0, 0.1) is 12.7 Å². The normalized spacial score (nSPS) is 11.5. The molecule has 0 unspecified atom stereocenters. The van der Waals surface area contributed by atoms with Crippen molar-refractivity contribution in [3.05, 3.63) is 40.2 Å². The molecule has 0 saturated heterocycles. The van der Waals surface area contributed by atoms with Crippen molar-refractivity contribution in [3.63, 3.8) is 0 Å². The van der Waals surface area contributed by atoms with Crippen LogP contribution in [0.1, 0.15) is 12.6 Å². The predicted molar refractivity (Wildman–Crippen MR) is 93.4 cm³/mol. The van der Waals surface area contributed by atoms with Crippen molar-refractivity contribution in [1.29, 1.82) is 0 Å². The number of rotatable bonds is 3. The first-order chi connectivity index (χ1) is 11.6. The molecule has 0 aliphatic heterocycles. The zero-order valence-corrected chi connectivity index (χ0v) is 15.3. The van der Waals surface area contributed by atoms with E-state index in [1.54, 1.807) is 16.6 Å². The molecule has 24 heavy (non-hydrogen) atoms. The van der Waals surface area contributed by atoms with Gasteiger partial charge in [-0.05, 0) is 54.0 Å². The smallest absolute Gasteiger partial charge is 0.235 e. The fourth-order valence-corrected chi connectivity index (χ4v) is 3.64. The number of hydrogen-bond acceptors (Lipinski definition) is 5. The molecule has 1 aromatic carbocycles. The Morgan fingerprint density at radius 1 is 1.21 bits per heavy atom. The molecule has 0 N–H and O–H groups in total. The van der Waals surface area contributed by atoms with Crippen LogP contribution in [-0.2, 0) is 6.54 Å². The van der Waals surface area contributed by atoms with Gasteiger partial charge in [-0.25, -0.2) is 4.39 Å². The first-order valence-corrected chi connectivity index (χ1v) is 8.90.